The summed E-state index contributed by atoms with van der Waals surface area (Å²) in [6, 6.07) is 2.09. The van der Waals surface area contributed by atoms with Crippen molar-refractivity contribution in [2.45, 2.75) is 12.8 Å². The van der Waals surface area contributed by atoms with Crippen molar-refractivity contribution in [3.8, 4) is 6.07 Å². The number of hydrogen-bond acceptors (Lipinski definition) is 2. The molecule has 0 atom stereocenters. The van der Waals surface area contributed by atoms with Crippen LogP contribution in [0.5, 0.6) is 0 Å². The first-order chi connectivity index (χ1) is 4.83. The van der Waals surface area contributed by atoms with Crippen molar-refractivity contribution >= 4 is 0 Å². The van der Waals surface area contributed by atoms with Gasteiger partial charge < -0.3 is 0 Å². The van der Waals surface area contributed by atoms with Gasteiger partial charge >= 0.3 is 0 Å². The van der Waals surface area contributed by atoms with Crippen LogP contribution >= 0.6 is 0 Å². The minimum absolute atomic E-state index is 0.575. The van der Waals surface area contributed by atoms with Crippen molar-refractivity contribution in [2.24, 2.45) is 7.05 Å². The fraction of sp³-hybridized carbons (Fsp3) is 0.429. The van der Waals surface area contributed by atoms with Crippen molar-refractivity contribution in [2.75, 3.05) is 0 Å². The van der Waals surface area contributed by atoms with Gasteiger partial charge in [-0.25, -0.2) is 0 Å². The third-order valence-corrected chi connectivity index (χ3v) is 1.28. The molecule has 0 radical (unpaired) electrons. The van der Waals surface area contributed by atoms with E-state index < -0.39 is 0 Å². The van der Waals surface area contributed by atoms with Crippen LogP contribution in [-0.2, 0) is 13.5 Å². The molecule has 1 heterocycles. The average molecular weight is 135 g/mol. The second kappa shape index (κ2) is 3.02. The van der Waals surface area contributed by atoms with Crippen LogP contribution in [0.15, 0.2) is 12.4 Å². The second-order valence-electron chi connectivity index (χ2n) is 2.18. The molecule has 0 saturated carbocycles. The molecule has 10 heavy (non-hydrogen) atoms. The molecule has 0 bridgehead atoms. The van der Waals surface area contributed by atoms with Gasteiger partial charge in [0.15, 0.2) is 0 Å². The number of hydrogen-bond donors (Lipinski definition) is 0. The number of nitrogens with zero attached hydrogens (tertiary/aromatic N) is 3. The van der Waals surface area contributed by atoms with Gasteiger partial charge in [0.25, 0.3) is 0 Å². The lowest BCUT2D eigenvalue weighted by Gasteiger charge is -1.85. The van der Waals surface area contributed by atoms with E-state index >= 15 is 0 Å². The maximum atomic E-state index is 8.26. The average Bonchev–Trinajstić information content (AvgIpc) is 2.31. The van der Waals surface area contributed by atoms with E-state index in [0.717, 1.165) is 12.0 Å². The molecule has 52 valence electrons. The molecule has 1 rings (SSSR count). The van der Waals surface area contributed by atoms with Crippen LogP contribution in [0.1, 0.15) is 12.0 Å². The Kier molecular flexibility index (Phi) is 2.06. The lowest BCUT2D eigenvalue weighted by Crippen LogP contribution is -1.84. The highest BCUT2D eigenvalue weighted by Gasteiger charge is 1.93. The van der Waals surface area contributed by atoms with Crippen LogP contribution in [0.4, 0.5) is 0 Å². The van der Waals surface area contributed by atoms with Gasteiger partial charge in [0.05, 0.1) is 12.3 Å². The van der Waals surface area contributed by atoms with Gasteiger partial charge in [-0.3, -0.25) is 4.68 Å². The maximum absolute atomic E-state index is 8.26. The summed E-state index contributed by atoms with van der Waals surface area (Å²) in [5.41, 5.74) is 1.13. The Morgan fingerprint density at radius 3 is 3.10 bits per heavy atom. The first kappa shape index (κ1) is 6.81. The van der Waals surface area contributed by atoms with Gasteiger partial charge in [-0.1, -0.05) is 0 Å². The Labute approximate surface area is 59.9 Å². The van der Waals surface area contributed by atoms with E-state index in [1.165, 1.54) is 0 Å². The zero-order valence-corrected chi connectivity index (χ0v) is 5.91. The molecule has 0 aliphatic carbocycles. The van der Waals surface area contributed by atoms with Crippen LogP contribution in [0.2, 0.25) is 0 Å². The molecule has 0 unspecified atom stereocenters. The van der Waals surface area contributed by atoms with E-state index in [-0.39, 0.29) is 0 Å². The summed E-state index contributed by atoms with van der Waals surface area (Å²) in [5, 5.41) is 12.2. The van der Waals surface area contributed by atoms with Crippen molar-refractivity contribution in [1.82, 2.24) is 9.78 Å². The Morgan fingerprint density at radius 2 is 2.60 bits per heavy atom. The molecule has 0 fully saturated rings. The summed E-state index contributed by atoms with van der Waals surface area (Å²) in [7, 11) is 1.87. The van der Waals surface area contributed by atoms with Gasteiger partial charge in [-0.15, -0.1) is 0 Å². The fourth-order valence-electron chi connectivity index (χ4n) is 0.801. The summed E-state index contributed by atoms with van der Waals surface area (Å²) in [5.74, 6) is 0. The van der Waals surface area contributed by atoms with E-state index in [1.807, 2.05) is 13.2 Å². The number of nitriles is 1. The SMILES string of the molecule is Cn1cc(CCC#N)cn1. The van der Waals surface area contributed by atoms with E-state index in [9.17, 15) is 0 Å². The Hall–Kier alpha value is -1.30. The predicted molar refractivity (Wildman–Crippen MR) is 37.1 cm³/mol. The van der Waals surface area contributed by atoms with Crippen LogP contribution in [0.3, 0.4) is 0 Å². The smallest absolute Gasteiger partial charge is 0.0625 e. The molecule has 0 aromatic carbocycles. The van der Waals surface area contributed by atoms with Gasteiger partial charge in [0.2, 0.25) is 0 Å². The lowest BCUT2D eigenvalue weighted by atomic mass is 10.2. The van der Waals surface area contributed by atoms with Crippen LogP contribution in [0.25, 0.3) is 0 Å². The molecular formula is C7H9N3. The summed E-state index contributed by atoms with van der Waals surface area (Å²) < 4.78 is 1.74. The third-order valence-electron chi connectivity index (χ3n) is 1.28. The third kappa shape index (κ3) is 1.59. The van der Waals surface area contributed by atoms with Crippen molar-refractivity contribution in [1.29, 1.82) is 5.26 Å². The molecule has 0 aliphatic heterocycles. The molecule has 0 aliphatic rings. The standard InChI is InChI=1S/C7H9N3/c1-10-6-7(5-9-10)3-2-4-8/h5-6H,2-3H2,1H3. The number of aryl methyl sites for hydroxylation is 2. The van der Waals surface area contributed by atoms with E-state index in [0.29, 0.717) is 6.42 Å². The number of rotatable bonds is 2. The highest BCUT2D eigenvalue weighted by atomic mass is 15.2. The van der Waals surface area contributed by atoms with Gasteiger partial charge in [0.1, 0.15) is 0 Å². The predicted octanol–water partition coefficient (Wildman–Crippen LogP) is 0.876. The molecule has 0 N–H and O–H groups in total. The zero-order chi connectivity index (χ0) is 7.40. The first-order valence-corrected chi connectivity index (χ1v) is 3.17. The molecule has 0 amide bonds. The Morgan fingerprint density at radius 1 is 1.80 bits per heavy atom. The molecule has 1 aromatic rings. The van der Waals surface area contributed by atoms with Crippen molar-refractivity contribution in [3.05, 3.63) is 18.0 Å². The summed E-state index contributed by atoms with van der Waals surface area (Å²) in [6.45, 7) is 0. The maximum Gasteiger partial charge on any atom is 0.0625 e. The van der Waals surface area contributed by atoms with Crippen LogP contribution < -0.4 is 0 Å². The Bertz CT molecular complexity index is 244. The summed E-state index contributed by atoms with van der Waals surface area (Å²) >= 11 is 0. The topological polar surface area (TPSA) is 41.6 Å². The molecule has 0 spiro atoms. The first-order valence-electron chi connectivity index (χ1n) is 3.17. The Balaban J connectivity index is 2.52. The van der Waals surface area contributed by atoms with E-state index in [1.54, 1.807) is 10.9 Å². The number of aromatic nitrogens is 2. The summed E-state index contributed by atoms with van der Waals surface area (Å²) in [4.78, 5) is 0. The van der Waals surface area contributed by atoms with E-state index in [2.05, 4.69) is 11.2 Å². The highest BCUT2D eigenvalue weighted by molar-refractivity contribution is 5.04. The molecule has 0 saturated heterocycles. The zero-order valence-electron chi connectivity index (χ0n) is 5.91. The van der Waals surface area contributed by atoms with Gasteiger partial charge in [-0.05, 0) is 12.0 Å². The lowest BCUT2D eigenvalue weighted by molar-refractivity contribution is 0.766. The minimum Gasteiger partial charge on any atom is -0.276 e. The van der Waals surface area contributed by atoms with Crippen molar-refractivity contribution in [3.63, 3.8) is 0 Å². The molecule has 1 aromatic heterocycles. The van der Waals surface area contributed by atoms with E-state index in [4.69, 9.17) is 5.26 Å². The van der Waals surface area contributed by atoms with Crippen LogP contribution in [-0.4, -0.2) is 9.78 Å². The van der Waals surface area contributed by atoms with Crippen LogP contribution in [0, 0.1) is 11.3 Å². The molecular weight excluding hydrogens is 126 g/mol. The minimum atomic E-state index is 0.575. The van der Waals surface area contributed by atoms with Gasteiger partial charge in [-0.2, -0.15) is 10.4 Å². The highest BCUT2D eigenvalue weighted by Crippen LogP contribution is 1.98. The second-order valence-corrected chi connectivity index (χ2v) is 2.18. The molecule has 3 nitrogen and oxygen atoms in total. The normalized spacial score (nSPS) is 9.20. The monoisotopic (exact) mass is 135 g/mol. The van der Waals surface area contributed by atoms with Gasteiger partial charge in [0, 0.05) is 19.7 Å². The quantitative estimate of drug-likeness (QED) is 0.604. The molecule has 3 heteroatoms. The largest absolute Gasteiger partial charge is 0.276 e. The van der Waals surface area contributed by atoms with Crippen molar-refractivity contribution < 1.29 is 0 Å². The fourth-order valence-corrected chi connectivity index (χ4v) is 0.801. The summed E-state index contributed by atoms with van der Waals surface area (Å²) in [6.07, 6.45) is 5.10.